The molecule has 0 unspecified atom stereocenters. The lowest BCUT2D eigenvalue weighted by Crippen LogP contribution is -2.30. The van der Waals surface area contributed by atoms with E-state index in [4.69, 9.17) is 55.0 Å². The van der Waals surface area contributed by atoms with Gasteiger partial charge in [0.1, 0.15) is 65.5 Å². The Labute approximate surface area is 681 Å². The largest absolute Gasteiger partial charge is 0.396 e. The predicted octanol–water partition coefficient (Wildman–Crippen LogP) is 12.3. The van der Waals surface area contributed by atoms with Crippen LogP contribution in [0, 0.1) is 54.0 Å². The number of fused-ring (bicyclic) bond motifs is 4. The maximum Gasteiger partial charge on any atom is 0.252 e. The highest BCUT2D eigenvalue weighted by atomic mass is 16.3. The lowest BCUT2D eigenvalue weighted by atomic mass is 9.97. The smallest absolute Gasteiger partial charge is 0.252 e. The number of anilines is 4. The van der Waals surface area contributed by atoms with Crippen LogP contribution in [0.1, 0.15) is 102 Å². The lowest BCUT2D eigenvalue weighted by Gasteiger charge is -2.11. The summed E-state index contributed by atoms with van der Waals surface area (Å²) in [5.41, 5.74) is 48.0. The number of benzene rings is 5. The van der Waals surface area contributed by atoms with Gasteiger partial charge in [-0.3, -0.25) is 14.4 Å². The summed E-state index contributed by atoms with van der Waals surface area (Å²) in [4.78, 5) is 96.6. The maximum absolute atomic E-state index is 13.0. The molecule has 1 aliphatic carbocycles. The van der Waals surface area contributed by atoms with Crippen molar-refractivity contribution >= 4 is 104 Å². The molecule has 0 spiro atoms. The zero-order valence-electron chi connectivity index (χ0n) is 66.2. The normalized spacial score (nSPS) is 12.0. The first kappa shape index (κ1) is 85.3. The number of hydrogen-bond donors (Lipinski definition) is 10. The number of nitrogens with one attached hydrogen (secondary N) is 2. The van der Waals surface area contributed by atoms with Crippen molar-refractivity contribution in [3.63, 3.8) is 0 Å². The fraction of sp³-hybridized carbons (Fsp3) is 0.213. The second-order valence-electron chi connectivity index (χ2n) is 27.7. The summed E-state index contributed by atoms with van der Waals surface area (Å²) in [6.07, 6.45) is 13.8. The van der Waals surface area contributed by atoms with Crippen LogP contribution in [0.25, 0.3) is 110 Å². The standard InChI is InChI=1S/C27H26N6O2.C23H26N6O2.C20H20N6O2.C19H16N4O/c1-18-9-11-20(12-10-18)23-22(33(13-6-14-34)26-24(23)25(28)31-17-32-26)15-21(29-2)27(35)30-16-19-7-4-3-5-8-19;1-14(2)28-23(31)17(25-4)12-18-19(16-8-6-15(3)7-9-16)20-21(24)26-13-27-22(20)29(18)10-5-11-30;1-12-4-6-13(7-5-12)16-15(10-14(23-2)19(22)28)26(8-3-9-27)20-17(16)18(21)24-11-25-20;1-11-4-6-13(7-5-11)17-14(8-15(21-3)12(2)24)9-16-18(17)19(20)23-10-22-16/h3-5,7-12,15,17,34H,6,13-14,16H2,1H3,(H,30,35)(H2,28,31,32);6-9,12-14,30H,5,10-11H2,1-3H3,(H,28,31)(H2,24,26,27);4-7,10-11,27H,3,8-9H2,1H3,(H2,22,28)(H2,21,24,25);4-8,10H,9H2,1-2H3,(H2,20,22,23)/b21-15-;17-12-;14-10-;15-8-. The topological polar surface area (TPSA) is 418 Å². The highest BCUT2D eigenvalue weighted by Gasteiger charge is 2.29. The van der Waals surface area contributed by atoms with E-state index in [1.165, 1.54) is 38.3 Å². The van der Waals surface area contributed by atoms with Gasteiger partial charge in [0.15, 0.2) is 5.78 Å². The van der Waals surface area contributed by atoms with Crippen LogP contribution in [-0.2, 0) is 51.8 Å². The number of allylic oxidation sites excluding steroid dienone is 3. The first-order valence-electron chi connectivity index (χ1n) is 37.5. The van der Waals surface area contributed by atoms with E-state index in [0.29, 0.717) is 131 Å². The zero-order chi connectivity index (χ0) is 84.9. The number of rotatable bonds is 24. The molecule has 118 heavy (non-hydrogen) atoms. The van der Waals surface area contributed by atoms with Gasteiger partial charge in [0.25, 0.3) is 28.9 Å². The van der Waals surface area contributed by atoms with E-state index >= 15 is 0 Å². The molecule has 596 valence electrons. The van der Waals surface area contributed by atoms with Crippen LogP contribution in [-0.4, -0.2) is 118 Å². The Morgan fingerprint density at radius 1 is 0.458 bits per heavy atom. The van der Waals surface area contributed by atoms with E-state index < -0.39 is 17.7 Å². The average Bonchev–Trinajstić information content (AvgIpc) is 1.62. The van der Waals surface area contributed by atoms with Gasteiger partial charge in [-0.25, -0.2) is 59.3 Å². The molecule has 13 rings (SSSR count). The molecule has 0 bridgehead atoms. The lowest BCUT2D eigenvalue weighted by molar-refractivity contribution is -0.118. The third kappa shape index (κ3) is 19.7. The number of Topliss-reactive ketones (excluding diaryl/α,β-unsaturated/α-hetero) is 1. The molecule has 12 aromatic rings. The summed E-state index contributed by atoms with van der Waals surface area (Å²) < 4.78 is 5.59. The highest BCUT2D eigenvalue weighted by Crippen LogP contribution is 2.44. The van der Waals surface area contributed by atoms with Crippen LogP contribution in [0.3, 0.4) is 0 Å². The van der Waals surface area contributed by atoms with Crippen LogP contribution in [0.4, 0.5) is 23.3 Å². The molecule has 29 nitrogen and oxygen atoms in total. The molecule has 7 heterocycles. The molecular weight excluding hydrogens is 1490 g/mol. The minimum Gasteiger partial charge on any atom is -0.396 e. The van der Waals surface area contributed by atoms with Crippen LogP contribution in [0.2, 0.25) is 0 Å². The molecule has 0 aliphatic heterocycles. The van der Waals surface area contributed by atoms with Crippen molar-refractivity contribution in [1.29, 1.82) is 0 Å². The minimum absolute atomic E-state index is 0.00717. The predicted molar refractivity (Wildman–Crippen MR) is 459 cm³/mol. The minimum atomic E-state index is -0.817. The number of ketones is 1. The highest BCUT2D eigenvalue weighted by molar-refractivity contribution is 6.10. The molecule has 15 N–H and O–H groups in total. The van der Waals surface area contributed by atoms with Crippen LogP contribution >= 0.6 is 0 Å². The van der Waals surface area contributed by atoms with Crippen molar-refractivity contribution in [2.75, 3.05) is 42.8 Å². The number of nitrogens with zero attached hydrogens (tertiary/aromatic N) is 15. The van der Waals surface area contributed by atoms with Gasteiger partial charge >= 0.3 is 0 Å². The summed E-state index contributed by atoms with van der Waals surface area (Å²) in [5.74, 6) is -0.671. The van der Waals surface area contributed by atoms with Crippen molar-refractivity contribution in [3.8, 4) is 33.4 Å². The van der Waals surface area contributed by atoms with E-state index in [2.05, 4.69) is 69.9 Å². The molecule has 1 aliphatic rings. The van der Waals surface area contributed by atoms with Crippen LogP contribution in [0.5, 0.6) is 0 Å². The number of carbonyl (C=O) groups excluding carboxylic acids is 4. The summed E-state index contributed by atoms with van der Waals surface area (Å²) in [7, 11) is 0. The number of hydrogen-bond acceptors (Lipinski definition) is 19. The van der Waals surface area contributed by atoms with E-state index in [0.717, 1.165) is 83.6 Å². The van der Waals surface area contributed by atoms with Gasteiger partial charge in [-0.15, -0.1) is 0 Å². The first-order valence-corrected chi connectivity index (χ1v) is 37.5. The summed E-state index contributed by atoms with van der Waals surface area (Å²) >= 11 is 0. The molecule has 0 saturated heterocycles. The number of aryl methyl sites for hydroxylation is 7. The van der Waals surface area contributed by atoms with Crippen molar-refractivity contribution in [3.05, 3.63) is 295 Å². The van der Waals surface area contributed by atoms with Gasteiger partial charge in [0.2, 0.25) is 11.6 Å². The molecule has 3 amide bonds. The van der Waals surface area contributed by atoms with E-state index in [9.17, 15) is 34.5 Å². The molecule has 0 saturated carbocycles. The van der Waals surface area contributed by atoms with Gasteiger partial charge < -0.3 is 73.1 Å². The van der Waals surface area contributed by atoms with Gasteiger partial charge in [0, 0.05) is 97.8 Å². The number of amides is 3. The fourth-order valence-corrected chi connectivity index (χ4v) is 13.4. The van der Waals surface area contributed by atoms with E-state index in [1.54, 1.807) is 18.2 Å². The van der Waals surface area contributed by atoms with Crippen LogP contribution < -0.4 is 39.3 Å². The van der Waals surface area contributed by atoms with Gasteiger partial charge in [-0.2, -0.15) is 0 Å². The summed E-state index contributed by atoms with van der Waals surface area (Å²) in [6.45, 7) is 44.4. The number of nitrogens with two attached hydrogens (primary N) is 5. The number of primary amides is 1. The van der Waals surface area contributed by atoms with Crippen LogP contribution in [0.15, 0.2) is 187 Å². The monoisotopic (exact) mass is 1580 g/mol. The Balaban J connectivity index is 0.000000167. The first-order chi connectivity index (χ1) is 56.9. The molecular formula is C89H88N22O7. The number of aromatic nitrogens is 11. The Hall–Kier alpha value is -15.1. The van der Waals surface area contributed by atoms with Crippen molar-refractivity contribution in [2.45, 2.75) is 106 Å². The van der Waals surface area contributed by atoms with Gasteiger partial charge in [-0.1, -0.05) is 150 Å². The number of aliphatic hydroxyl groups excluding tert-OH is 3. The molecule has 5 aromatic carbocycles. The van der Waals surface area contributed by atoms with Crippen molar-refractivity contribution < 1.29 is 34.5 Å². The molecule has 0 radical (unpaired) electrons. The number of carbonyl (C=O) groups is 4. The van der Waals surface area contributed by atoms with Gasteiger partial charge in [-0.05, 0) is 131 Å². The van der Waals surface area contributed by atoms with E-state index in [-0.39, 0.29) is 54.4 Å². The van der Waals surface area contributed by atoms with Crippen molar-refractivity contribution in [1.82, 2.24) is 64.2 Å². The Morgan fingerprint density at radius 2 is 0.814 bits per heavy atom. The second kappa shape index (κ2) is 39.6. The average molecular weight is 1580 g/mol. The second-order valence-corrected chi connectivity index (χ2v) is 27.7. The SMILES string of the molecule is [C-]#[N+]/C(=C\C1=C(c2ccc(C)cc2)c2c(N)ncnc2C1)C(C)=O.[C-]#[N+]/C(=C\c1c(-c2ccc(C)cc2)c2c(N)ncnc2n1CCCO)C(=O)NC(C)C.[C-]#[N+]/C(=C\c1c(-c2ccc(C)cc2)c2c(N)ncnc2n1CCCO)C(=O)NCc1ccccc1.[C-]#[N+]/C(=C\c1c(-c2ccc(C)cc2)c2c(N)ncnc2n1CCCO)C(N)=O. The third-order valence-electron chi connectivity index (χ3n) is 19.0. The third-order valence-corrected chi connectivity index (χ3v) is 19.0. The Morgan fingerprint density at radius 3 is 1.17 bits per heavy atom. The van der Waals surface area contributed by atoms with E-state index in [1.807, 2.05) is 183 Å². The summed E-state index contributed by atoms with van der Waals surface area (Å²) in [5, 5.41) is 35.7. The maximum atomic E-state index is 13.0. The Bertz CT molecular complexity index is 6110. The zero-order valence-corrected chi connectivity index (χ0v) is 66.2. The van der Waals surface area contributed by atoms with Crippen molar-refractivity contribution in [2.24, 2.45) is 5.73 Å². The fourth-order valence-electron chi connectivity index (χ4n) is 13.4. The molecule has 29 heteroatoms. The molecule has 0 fully saturated rings. The summed E-state index contributed by atoms with van der Waals surface area (Å²) in [6, 6.07) is 41.1. The molecule has 0 atom stereocenters. The quantitative estimate of drug-likeness (QED) is 0.0198. The van der Waals surface area contributed by atoms with Gasteiger partial charge in [0.05, 0.1) is 48.1 Å². The Kier molecular flexibility index (Phi) is 28.6. The number of aliphatic hydroxyl groups is 3. The number of nitrogen functional groups attached to an aromatic ring is 4. The molecule has 7 aromatic heterocycles.